The molecule has 0 bridgehead atoms. The zero-order chi connectivity index (χ0) is 17.7. The molecule has 1 aliphatic heterocycles. The van der Waals surface area contributed by atoms with Gasteiger partial charge in [-0.2, -0.15) is 0 Å². The van der Waals surface area contributed by atoms with Crippen molar-refractivity contribution in [3.63, 3.8) is 0 Å². The van der Waals surface area contributed by atoms with Crippen LogP contribution in [0.3, 0.4) is 0 Å². The van der Waals surface area contributed by atoms with Gasteiger partial charge in [-0.25, -0.2) is 4.79 Å². The molecule has 1 aliphatic rings. The number of rotatable bonds is 7. The van der Waals surface area contributed by atoms with Crippen LogP contribution in [0.1, 0.15) is 19.3 Å². The highest BCUT2D eigenvalue weighted by Gasteiger charge is 2.49. The number of esters is 1. The number of hydrogen-bond donors (Lipinski definition) is 3. The third-order valence-corrected chi connectivity index (χ3v) is 4.66. The largest absolute Gasteiger partial charge is 0.481 e. The third-order valence-electron chi connectivity index (χ3n) is 3.77. The second-order valence-corrected chi connectivity index (χ2v) is 6.12. The summed E-state index contributed by atoms with van der Waals surface area (Å²) in [6.07, 6.45) is -2.71. The highest BCUT2D eigenvalue weighted by atomic mass is 79.9. The number of carboxylic acid groups (broad SMARTS) is 3. The van der Waals surface area contributed by atoms with E-state index in [1.54, 1.807) is 0 Å². The second-order valence-electron chi connectivity index (χ2n) is 5.22. The average molecular weight is 397 g/mol. The van der Waals surface area contributed by atoms with E-state index in [4.69, 9.17) is 20.1 Å². The Kier molecular flexibility index (Phi) is 6.95. The molecule has 0 aliphatic carbocycles. The molecule has 1 fully saturated rings. The van der Waals surface area contributed by atoms with Gasteiger partial charge in [0, 0.05) is 18.3 Å². The number of hydrogen-bond acceptors (Lipinski definition) is 6. The summed E-state index contributed by atoms with van der Waals surface area (Å²) >= 11 is 3.11. The molecule has 23 heavy (non-hydrogen) atoms. The van der Waals surface area contributed by atoms with Crippen LogP contribution in [0.15, 0.2) is 0 Å². The zero-order valence-corrected chi connectivity index (χ0v) is 13.8. The Balaban J connectivity index is 3.21. The number of carboxylic acids is 3. The van der Waals surface area contributed by atoms with Crippen molar-refractivity contribution < 1.29 is 44.0 Å². The fourth-order valence-electron chi connectivity index (χ4n) is 2.83. The summed E-state index contributed by atoms with van der Waals surface area (Å²) in [6, 6.07) is 0. The van der Waals surface area contributed by atoms with Crippen molar-refractivity contribution in [1.82, 2.24) is 0 Å². The number of alkyl halides is 1. The van der Waals surface area contributed by atoms with Crippen LogP contribution in [0.5, 0.6) is 0 Å². The van der Waals surface area contributed by atoms with Crippen LogP contribution in [0.25, 0.3) is 0 Å². The number of aliphatic carboxylic acids is 3. The Morgan fingerprint density at radius 2 is 1.35 bits per heavy atom. The summed E-state index contributed by atoms with van der Waals surface area (Å²) in [6.45, 7) is 0. The fraction of sp³-hybridized carbons (Fsp3) is 0.692. The minimum Gasteiger partial charge on any atom is -0.481 e. The number of methoxy groups -OCH3 is 1. The molecule has 0 saturated carbocycles. The number of ether oxygens (including phenoxy) is 2. The number of carbonyl (C=O) groups is 4. The molecule has 0 radical (unpaired) electrons. The first kappa shape index (κ1) is 19.4. The molecule has 1 heterocycles. The van der Waals surface area contributed by atoms with Gasteiger partial charge >= 0.3 is 23.9 Å². The average Bonchev–Trinajstić information content (AvgIpc) is 2.43. The maximum atomic E-state index is 11.8. The lowest BCUT2D eigenvalue weighted by Crippen LogP contribution is -2.51. The zero-order valence-electron chi connectivity index (χ0n) is 12.2. The van der Waals surface area contributed by atoms with Gasteiger partial charge < -0.3 is 24.8 Å². The maximum Gasteiger partial charge on any atom is 0.335 e. The minimum absolute atomic E-state index is 0.419. The lowest BCUT2D eigenvalue weighted by atomic mass is 9.72. The first-order chi connectivity index (χ1) is 10.7. The molecule has 0 spiro atoms. The SMILES string of the molecule is COC(=O)C1OC(Br)C(CC(=O)O)C(CC(=O)O)C1CC(=O)O. The van der Waals surface area contributed by atoms with Crippen molar-refractivity contribution in [2.24, 2.45) is 17.8 Å². The Morgan fingerprint density at radius 1 is 0.913 bits per heavy atom. The van der Waals surface area contributed by atoms with E-state index in [2.05, 4.69) is 20.7 Å². The summed E-state index contributed by atoms with van der Waals surface area (Å²) in [4.78, 5) is 45.1. The molecule has 0 amide bonds. The van der Waals surface area contributed by atoms with Crippen LogP contribution in [0, 0.1) is 17.8 Å². The van der Waals surface area contributed by atoms with Gasteiger partial charge in [0.1, 0.15) is 5.01 Å². The van der Waals surface area contributed by atoms with Crippen molar-refractivity contribution in [2.45, 2.75) is 30.4 Å². The molecular formula is C13H17BrO9. The first-order valence-corrected chi connectivity index (χ1v) is 7.61. The van der Waals surface area contributed by atoms with Gasteiger partial charge in [0.15, 0.2) is 6.10 Å². The van der Waals surface area contributed by atoms with Crippen LogP contribution >= 0.6 is 15.9 Å². The van der Waals surface area contributed by atoms with E-state index in [-0.39, 0.29) is 0 Å². The van der Waals surface area contributed by atoms with Gasteiger partial charge in [-0.1, -0.05) is 15.9 Å². The van der Waals surface area contributed by atoms with Crippen LogP contribution in [-0.2, 0) is 28.7 Å². The number of halogens is 1. The molecule has 5 atom stereocenters. The molecule has 0 aromatic rings. The Morgan fingerprint density at radius 3 is 1.78 bits per heavy atom. The van der Waals surface area contributed by atoms with E-state index < -0.39 is 72.0 Å². The Hall–Kier alpha value is -1.68. The molecule has 0 aromatic carbocycles. The lowest BCUT2D eigenvalue weighted by molar-refractivity contribution is -0.181. The van der Waals surface area contributed by atoms with Crippen molar-refractivity contribution in [3.05, 3.63) is 0 Å². The smallest absolute Gasteiger partial charge is 0.335 e. The van der Waals surface area contributed by atoms with Crippen LogP contribution in [0.4, 0.5) is 0 Å². The summed E-state index contributed by atoms with van der Waals surface area (Å²) in [7, 11) is 1.10. The van der Waals surface area contributed by atoms with Crippen LogP contribution < -0.4 is 0 Å². The molecule has 1 saturated heterocycles. The summed E-state index contributed by atoms with van der Waals surface area (Å²) < 4.78 is 9.98. The highest BCUT2D eigenvalue weighted by Crippen LogP contribution is 2.43. The van der Waals surface area contributed by atoms with Gasteiger partial charge in [-0.05, 0) is 5.92 Å². The quantitative estimate of drug-likeness (QED) is 0.414. The summed E-state index contributed by atoms with van der Waals surface area (Å²) in [5.74, 6) is -7.14. The van der Waals surface area contributed by atoms with Crippen LogP contribution in [0.2, 0.25) is 0 Å². The predicted molar refractivity (Wildman–Crippen MR) is 76.8 cm³/mol. The third kappa shape index (κ3) is 5.17. The van der Waals surface area contributed by atoms with Crippen molar-refractivity contribution in [3.8, 4) is 0 Å². The van der Waals surface area contributed by atoms with Crippen molar-refractivity contribution >= 4 is 39.8 Å². The van der Waals surface area contributed by atoms with Crippen molar-refractivity contribution in [1.29, 1.82) is 0 Å². The summed E-state index contributed by atoms with van der Waals surface area (Å²) in [5.41, 5.74) is 0. The molecule has 5 unspecified atom stereocenters. The first-order valence-electron chi connectivity index (χ1n) is 6.70. The Bertz CT molecular complexity index is 492. The molecule has 3 N–H and O–H groups in total. The molecule has 9 nitrogen and oxygen atoms in total. The number of carbonyl (C=O) groups excluding carboxylic acids is 1. The van der Waals surface area contributed by atoms with E-state index in [0.717, 1.165) is 7.11 Å². The summed E-state index contributed by atoms with van der Waals surface area (Å²) in [5, 5.41) is 26.2. The van der Waals surface area contributed by atoms with Gasteiger partial charge in [0.25, 0.3) is 0 Å². The predicted octanol–water partition coefficient (Wildman–Crippen LogP) is 0.552. The van der Waals surface area contributed by atoms with E-state index >= 15 is 0 Å². The van der Waals surface area contributed by atoms with E-state index in [1.807, 2.05) is 0 Å². The van der Waals surface area contributed by atoms with E-state index in [0.29, 0.717) is 0 Å². The highest BCUT2D eigenvalue weighted by molar-refractivity contribution is 9.09. The minimum atomic E-state index is -1.28. The monoisotopic (exact) mass is 396 g/mol. The van der Waals surface area contributed by atoms with Gasteiger partial charge in [0.05, 0.1) is 20.0 Å². The molecular weight excluding hydrogens is 380 g/mol. The Labute approximate surface area is 139 Å². The molecule has 1 rings (SSSR count). The molecule has 0 aromatic heterocycles. The van der Waals surface area contributed by atoms with E-state index in [1.165, 1.54) is 0 Å². The van der Waals surface area contributed by atoms with E-state index in [9.17, 15) is 19.2 Å². The fourth-order valence-corrected chi connectivity index (χ4v) is 3.65. The maximum absolute atomic E-state index is 11.8. The van der Waals surface area contributed by atoms with Gasteiger partial charge in [0.2, 0.25) is 0 Å². The molecule has 10 heteroatoms. The standard InChI is InChI=1S/C13H17BrO9/c1-22-13(21)11-6(3-9(17)18)5(2-8(15)16)7(4-10(19)20)12(14)23-11/h5-7,11-12H,2-4H2,1H3,(H,15,16)(H,17,18)(H,19,20). The van der Waals surface area contributed by atoms with Gasteiger partial charge in [-0.3, -0.25) is 14.4 Å². The second kappa shape index (κ2) is 8.25. The molecule has 130 valence electrons. The van der Waals surface area contributed by atoms with Crippen molar-refractivity contribution in [2.75, 3.05) is 7.11 Å². The lowest BCUT2D eigenvalue weighted by Gasteiger charge is -2.43. The normalized spacial score (nSPS) is 30.4. The van der Waals surface area contributed by atoms with Crippen LogP contribution in [-0.4, -0.2) is 57.4 Å². The van der Waals surface area contributed by atoms with Gasteiger partial charge in [-0.15, -0.1) is 0 Å². The topological polar surface area (TPSA) is 147 Å².